The van der Waals surface area contributed by atoms with E-state index >= 15 is 0 Å². The molecule has 0 spiro atoms. The van der Waals surface area contributed by atoms with Gasteiger partial charge in [-0.1, -0.05) is 25.0 Å². The van der Waals surface area contributed by atoms with Crippen LogP contribution in [-0.2, 0) is 16.6 Å². The molecule has 1 aromatic carbocycles. The summed E-state index contributed by atoms with van der Waals surface area (Å²) in [5.41, 5.74) is 1.56. The predicted octanol–water partition coefficient (Wildman–Crippen LogP) is 3.34. The zero-order valence-corrected chi connectivity index (χ0v) is 15.0. The Morgan fingerprint density at radius 1 is 1.32 bits per heavy atom. The fraction of sp³-hybridized carbons (Fsp3) is 0.450. The molecule has 0 unspecified atom stereocenters. The highest BCUT2D eigenvalue weighted by molar-refractivity contribution is 7.10. The molecule has 1 amide bonds. The number of carbonyl (C=O) groups excluding carboxylic acids is 1. The van der Waals surface area contributed by atoms with Crippen molar-refractivity contribution in [2.45, 2.75) is 43.6 Å². The van der Waals surface area contributed by atoms with Gasteiger partial charge in [-0.05, 0) is 47.5 Å². The van der Waals surface area contributed by atoms with E-state index in [1.54, 1.807) is 11.3 Å². The topological polar surface area (TPSA) is 58.6 Å². The normalized spacial score (nSPS) is 19.2. The van der Waals surface area contributed by atoms with Gasteiger partial charge < -0.3 is 15.2 Å². The molecule has 0 bridgehead atoms. The Morgan fingerprint density at radius 3 is 2.92 bits per heavy atom. The number of carbonyl (C=O) groups is 1. The first-order valence-electron chi connectivity index (χ1n) is 8.95. The number of benzene rings is 1. The lowest BCUT2D eigenvalue weighted by molar-refractivity contribution is -0.127. The van der Waals surface area contributed by atoms with E-state index in [-0.39, 0.29) is 12.5 Å². The number of thiophene rings is 1. The van der Waals surface area contributed by atoms with Gasteiger partial charge in [-0.2, -0.15) is 0 Å². The van der Waals surface area contributed by atoms with E-state index in [0.717, 1.165) is 53.9 Å². The Morgan fingerprint density at radius 2 is 2.16 bits per heavy atom. The first-order valence-corrected chi connectivity index (χ1v) is 9.83. The van der Waals surface area contributed by atoms with Crippen LogP contribution in [0.2, 0.25) is 0 Å². The molecule has 1 aliphatic carbocycles. The summed E-state index contributed by atoms with van der Waals surface area (Å²) in [5, 5.41) is 15.5. The van der Waals surface area contributed by atoms with Crippen LogP contribution in [0.5, 0.6) is 5.75 Å². The van der Waals surface area contributed by atoms with Gasteiger partial charge in [0.05, 0.1) is 18.1 Å². The number of hydrogen-bond donors (Lipinski definition) is 2. The number of rotatable bonds is 5. The van der Waals surface area contributed by atoms with Crippen LogP contribution in [0.15, 0.2) is 35.7 Å². The van der Waals surface area contributed by atoms with Crippen molar-refractivity contribution in [2.24, 2.45) is 0 Å². The summed E-state index contributed by atoms with van der Waals surface area (Å²) in [6.45, 7) is 0.945. The molecule has 0 saturated heterocycles. The zero-order chi connectivity index (χ0) is 17.3. The fourth-order valence-corrected chi connectivity index (χ4v) is 4.99. The van der Waals surface area contributed by atoms with Crippen molar-refractivity contribution < 1.29 is 14.6 Å². The quantitative estimate of drug-likeness (QED) is 0.863. The first kappa shape index (κ1) is 16.6. The van der Waals surface area contributed by atoms with Crippen LogP contribution in [0.1, 0.15) is 47.8 Å². The molecule has 2 N–H and O–H groups in total. The minimum absolute atomic E-state index is 0.0518. The van der Waals surface area contributed by atoms with Crippen LogP contribution in [0.3, 0.4) is 0 Å². The molecule has 1 aromatic heterocycles. The molecular weight excluding hydrogens is 334 g/mol. The van der Waals surface area contributed by atoms with Crippen LogP contribution >= 0.6 is 11.3 Å². The molecule has 4 rings (SSSR count). The first-order chi connectivity index (χ1) is 12.2. The van der Waals surface area contributed by atoms with Crippen molar-refractivity contribution in [3.8, 4) is 5.75 Å². The maximum absolute atomic E-state index is 13.0. The number of hydrogen-bond acceptors (Lipinski definition) is 4. The third-order valence-electron chi connectivity index (χ3n) is 5.44. The molecule has 2 aliphatic rings. The van der Waals surface area contributed by atoms with E-state index in [9.17, 15) is 9.90 Å². The van der Waals surface area contributed by atoms with Gasteiger partial charge in [-0.25, -0.2) is 0 Å². The predicted molar refractivity (Wildman–Crippen MR) is 98.1 cm³/mol. The van der Waals surface area contributed by atoms with Gasteiger partial charge in [-0.3, -0.25) is 4.79 Å². The molecule has 1 atom stereocenters. The van der Waals surface area contributed by atoms with Crippen LogP contribution < -0.4 is 10.1 Å². The summed E-state index contributed by atoms with van der Waals surface area (Å²) in [4.78, 5) is 14.1. The molecule has 4 nitrogen and oxygen atoms in total. The smallest absolute Gasteiger partial charge is 0.231 e. The van der Waals surface area contributed by atoms with Crippen LogP contribution in [-0.4, -0.2) is 24.2 Å². The second kappa shape index (κ2) is 6.81. The van der Waals surface area contributed by atoms with Gasteiger partial charge in [0, 0.05) is 17.8 Å². The average molecular weight is 357 g/mol. The highest BCUT2D eigenvalue weighted by Crippen LogP contribution is 2.43. The molecule has 5 heteroatoms. The minimum atomic E-state index is -0.698. The Labute approximate surface area is 151 Å². The SMILES string of the molecule is O=C(NC[C@@H](O)c1ccc2c(c1)CCO2)C1(c2cccs2)CCCC1. The zero-order valence-electron chi connectivity index (χ0n) is 14.2. The van der Waals surface area contributed by atoms with E-state index in [2.05, 4.69) is 11.4 Å². The third kappa shape index (κ3) is 3.07. The minimum Gasteiger partial charge on any atom is -0.493 e. The molecule has 1 saturated carbocycles. The molecule has 2 aromatic rings. The standard InChI is InChI=1S/C20H23NO3S/c22-16(14-5-6-17-15(12-14)7-10-24-17)13-21-19(23)20(8-1-2-9-20)18-4-3-11-25-18/h3-6,11-12,16,22H,1-2,7-10,13H2,(H,21,23)/t16-/m1/s1. The van der Waals surface area contributed by atoms with Crippen molar-refractivity contribution in [1.29, 1.82) is 0 Å². The summed E-state index contributed by atoms with van der Waals surface area (Å²) in [6.07, 6.45) is 4.13. The van der Waals surface area contributed by atoms with E-state index in [1.807, 2.05) is 29.6 Å². The van der Waals surface area contributed by atoms with Crippen molar-refractivity contribution in [2.75, 3.05) is 13.2 Å². The maximum atomic E-state index is 13.0. The Balaban J connectivity index is 1.44. The van der Waals surface area contributed by atoms with Gasteiger partial charge in [0.25, 0.3) is 0 Å². The number of fused-ring (bicyclic) bond motifs is 1. The average Bonchev–Trinajstić information content (AvgIpc) is 3.39. The third-order valence-corrected chi connectivity index (χ3v) is 6.51. The molecule has 25 heavy (non-hydrogen) atoms. The lowest BCUT2D eigenvalue weighted by atomic mass is 9.83. The van der Waals surface area contributed by atoms with E-state index in [4.69, 9.17) is 4.74 Å². The number of aliphatic hydroxyl groups is 1. The van der Waals surface area contributed by atoms with Crippen LogP contribution in [0.4, 0.5) is 0 Å². The highest BCUT2D eigenvalue weighted by Gasteiger charge is 2.43. The van der Waals surface area contributed by atoms with Crippen molar-refractivity contribution in [3.05, 3.63) is 51.7 Å². The van der Waals surface area contributed by atoms with Gasteiger partial charge in [-0.15, -0.1) is 11.3 Å². The largest absolute Gasteiger partial charge is 0.493 e. The molecule has 2 heterocycles. The molecular formula is C20H23NO3S. The monoisotopic (exact) mass is 357 g/mol. The van der Waals surface area contributed by atoms with E-state index in [0.29, 0.717) is 6.61 Å². The van der Waals surface area contributed by atoms with Gasteiger partial charge in [0.2, 0.25) is 5.91 Å². The second-order valence-corrected chi connectivity index (χ2v) is 7.91. The summed E-state index contributed by atoms with van der Waals surface area (Å²) in [6, 6.07) is 9.85. The summed E-state index contributed by atoms with van der Waals surface area (Å²) < 4.78 is 5.50. The van der Waals surface area contributed by atoms with Gasteiger partial charge in [0.1, 0.15) is 5.75 Å². The fourth-order valence-electron chi connectivity index (χ4n) is 4.00. The van der Waals surface area contributed by atoms with Gasteiger partial charge in [0.15, 0.2) is 0 Å². The number of aliphatic hydroxyl groups excluding tert-OH is 1. The lowest BCUT2D eigenvalue weighted by Crippen LogP contribution is -2.43. The summed E-state index contributed by atoms with van der Waals surface area (Å²) >= 11 is 1.65. The maximum Gasteiger partial charge on any atom is 0.231 e. The lowest BCUT2D eigenvalue weighted by Gasteiger charge is -2.27. The van der Waals surface area contributed by atoms with Crippen molar-refractivity contribution >= 4 is 17.2 Å². The molecule has 0 radical (unpaired) electrons. The Bertz CT molecular complexity index is 750. The highest BCUT2D eigenvalue weighted by atomic mass is 32.1. The summed E-state index contributed by atoms with van der Waals surface area (Å²) in [7, 11) is 0. The van der Waals surface area contributed by atoms with E-state index < -0.39 is 11.5 Å². The van der Waals surface area contributed by atoms with Crippen molar-refractivity contribution in [3.63, 3.8) is 0 Å². The van der Waals surface area contributed by atoms with Crippen molar-refractivity contribution in [1.82, 2.24) is 5.32 Å². The molecule has 1 aliphatic heterocycles. The Kier molecular flexibility index (Phi) is 4.52. The van der Waals surface area contributed by atoms with Crippen LogP contribution in [0, 0.1) is 0 Å². The number of nitrogens with one attached hydrogen (secondary N) is 1. The Hall–Kier alpha value is -1.85. The second-order valence-electron chi connectivity index (χ2n) is 6.96. The molecule has 132 valence electrons. The van der Waals surface area contributed by atoms with Gasteiger partial charge >= 0.3 is 0 Å². The number of ether oxygens (including phenoxy) is 1. The summed E-state index contributed by atoms with van der Waals surface area (Å²) in [5.74, 6) is 0.957. The van der Waals surface area contributed by atoms with E-state index in [1.165, 1.54) is 0 Å². The number of amides is 1. The molecule has 1 fully saturated rings. The van der Waals surface area contributed by atoms with Crippen LogP contribution in [0.25, 0.3) is 0 Å².